The number of anilines is 1. The van der Waals surface area contributed by atoms with E-state index < -0.39 is 12.0 Å². The molecule has 5 nitrogen and oxygen atoms in total. The van der Waals surface area contributed by atoms with Crippen LogP contribution >= 0.6 is 0 Å². The van der Waals surface area contributed by atoms with Crippen LogP contribution in [-0.4, -0.2) is 40.9 Å². The molecule has 5 rings (SSSR count). The van der Waals surface area contributed by atoms with Crippen LogP contribution in [0.1, 0.15) is 28.8 Å². The molecule has 0 bridgehead atoms. The zero-order valence-corrected chi connectivity index (χ0v) is 14.2. The molecule has 0 unspecified atom stereocenters. The Kier molecular flexibility index (Phi) is 3.52. The minimum atomic E-state index is -2.93. The first-order chi connectivity index (χ1) is 12.5. The summed E-state index contributed by atoms with van der Waals surface area (Å²) in [6.07, 6.45) is 0.460. The molecule has 0 spiro atoms. The minimum Gasteiger partial charge on any atom is -0.389 e. The van der Waals surface area contributed by atoms with Gasteiger partial charge in [0.05, 0.1) is 25.0 Å². The van der Waals surface area contributed by atoms with E-state index in [1.807, 2.05) is 18.2 Å². The molecule has 0 radical (unpaired) electrons. The van der Waals surface area contributed by atoms with E-state index in [1.165, 1.54) is 5.56 Å². The van der Waals surface area contributed by atoms with Crippen molar-refractivity contribution in [1.29, 1.82) is 0 Å². The van der Waals surface area contributed by atoms with E-state index in [0.29, 0.717) is 37.6 Å². The summed E-state index contributed by atoms with van der Waals surface area (Å²) in [4.78, 5) is 10.5. The molecule has 0 amide bonds. The Balaban J connectivity index is 1.64. The molecule has 3 heterocycles. The van der Waals surface area contributed by atoms with E-state index in [2.05, 4.69) is 9.97 Å². The summed E-state index contributed by atoms with van der Waals surface area (Å²) < 4.78 is 34.3. The van der Waals surface area contributed by atoms with Crippen molar-refractivity contribution in [3.63, 3.8) is 0 Å². The molecular weight excluding hydrogens is 340 g/mol. The van der Waals surface area contributed by atoms with E-state index in [4.69, 9.17) is 4.74 Å². The molecule has 1 saturated heterocycles. The minimum absolute atomic E-state index is 0.159. The molecule has 1 fully saturated rings. The van der Waals surface area contributed by atoms with Crippen molar-refractivity contribution in [2.75, 3.05) is 24.6 Å². The second-order valence-electron chi connectivity index (χ2n) is 7.25. The monoisotopic (exact) mass is 359 g/mol. The number of aromatic nitrogens is 2. The summed E-state index contributed by atoms with van der Waals surface area (Å²) in [7, 11) is 0. The van der Waals surface area contributed by atoms with Gasteiger partial charge in [-0.1, -0.05) is 12.1 Å². The number of aliphatic hydroxyl groups is 1. The highest BCUT2D eigenvalue weighted by Crippen LogP contribution is 2.44. The fraction of sp³-hybridized carbons (Fsp3) is 0.474. The first-order valence-electron chi connectivity index (χ1n) is 8.93. The Morgan fingerprint density at radius 1 is 1.15 bits per heavy atom. The van der Waals surface area contributed by atoms with Crippen LogP contribution in [0.4, 0.5) is 14.7 Å². The van der Waals surface area contributed by atoms with Crippen molar-refractivity contribution in [3.8, 4) is 11.3 Å². The lowest BCUT2D eigenvalue weighted by Gasteiger charge is -2.36. The standard InChI is InChI=1S/C19H19F2N3O2/c20-19(21)5-3-15-16(12-2-1-11-4-6-26-10-13(11)7-12)22-18(23-17(15)19)24-8-14(25)9-24/h1-2,7,14,25H,3-6,8-10H2. The summed E-state index contributed by atoms with van der Waals surface area (Å²) in [6, 6.07) is 6.00. The maximum atomic E-state index is 14.4. The van der Waals surface area contributed by atoms with Gasteiger partial charge in [0.15, 0.2) is 0 Å². The van der Waals surface area contributed by atoms with Gasteiger partial charge in [-0.15, -0.1) is 0 Å². The van der Waals surface area contributed by atoms with Crippen LogP contribution in [0.5, 0.6) is 0 Å². The third-order valence-electron chi connectivity index (χ3n) is 5.43. The highest BCUT2D eigenvalue weighted by atomic mass is 19.3. The second kappa shape index (κ2) is 5.69. The van der Waals surface area contributed by atoms with E-state index in [9.17, 15) is 13.9 Å². The summed E-state index contributed by atoms with van der Waals surface area (Å²) in [5.74, 6) is -2.65. The first kappa shape index (κ1) is 16.1. The van der Waals surface area contributed by atoms with Crippen LogP contribution in [-0.2, 0) is 30.1 Å². The predicted octanol–water partition coefficient (Wildman–Crippen LogP) is 2.44. The molecule has 26 heavy (non-hydrogen) atoms. The molecule has 7 heteroatoms. The van der Waals surface area contributed by atoms with Gasteiger partial charge in [-0.3, -0.25) is 0 Å². The maximum absolute atomic E-state index is 14.4. The van der Waals surface area contributed by atoms with E-state index in [-0.39, 0.29) is 24.5 Å². The van der Waals surface area contributed by atoms with Gasteiger partial charge < -0.3 is 14.7 Å². The van der Waals surface area contributed by atoms with Gasteiger partial charge >= 0.3 is 0 Å². The highest BCUT2D eigenvalue weighted by molar-refractivity contribution is 5.68. The Morgan fingerprint density at radius 3 is 2.81 bits per heavy atom. The maximum Gasteiger partial charge on any atom is 0.290 e. The lowest BCUT2D eigenvalue weighted by molar-refractivity contribution is -0.00596. The topological polar surface area (TPSA) is 58.5 Å². The van der Waals surface area contributed by atoms with E-state index in [0.717, 1.165) is 17.5 Å². The summed E-state index contributed by atoms with van der Waals surface area (Å²) in [6.45, 7) is 2.00. The molecule has 1 aromatic carbocycles. The van der Waals surface area contributed by atoms with Gasteiger partial charge in [0.25, 0.3) is 5.92 Å². The lowest BCUT2D eigenvalue weighted by atomic mass is 9.97. The molecule has 0 saturated carbocycles. The van der Waals surface area contributed by atoms with Crippen molar-refractivity contribution < 1.29 is 18.6 Å². The quantitative estimate of drug-likeness (QED) is 0.893. The number of halogens is 2. The number of alkyl halides is 2. The van der Waals surface area contributed by atoms with Crippen LogP contribution in [0.3, 0.4) is 0 Å². The number of ether oxygens (including phenoxy) is 1. The smallest absolute Gasteiger partial charge is 0.290 e. The highest BCUT2D eigenvalue weighted by Gasteiger charge is 2.44. The Labute approximate surface area is 149 Å². The summed E-state index contributed by atoms with van der Waals surface area (Å²) >= 11 is 0. The molecule has 0 atom stereocenters. The van der Waals surface area contributed by atoms with Crippen molar-refractivity contribution in [3.05, 3.63) is 40.6 Å². The summed E-state index contributed by atoms with van der Waals surface area (Å²) in [5, 5.41) is 9.54. The van der Waals surface area contributed by atoms with Crippen molar-refractivity contribution in [1.82, 2.24) is 9.97 Å². The summed E-state index contributed by atoms with van der Waals surface area (Å²) in [5.41, 5.74) is 4.11. The first-order valence-corrected chi connectivity index (χ1v) is 8.93. The average molecular weight is 359 g/mol. The van der Waals surface area contributed by atoms with Gasteiger partial charge in [0.2, 0.25) is 5.95 Å². The number of hydrogen-bond donors (Lipinski definition) is 1. The van der Waals surface area contributed by atoms with Crippen molar-refractivity contribution in [2.45, 2.75) is 37.9 Å². The SMILES string of the molecule is OC1CN(c2nc(-c3ccc4c(c3)COCC4)c3c(n2)C(F)(F)CC3)C1. The fourth-order valence-corrected chi connectivity index (χ4v) is 3.93. The van der Waals surface area contributed by atoms with Crippen LogP contribution < -0.4 is 4.90 Å². The van der Waals surface area contributed by atoms with E-state index >= 15 is 0 Å². The number of aliphatic hydroxyl groups excluding tert-OH is 1. The average Bonchev–Trinajstić information content (AvgIpc) is 2.93. The van der Waals surface area contributed by atoms with Crippen molar-refractivity contribution >= 4 is 5.95 Å². The molecule has 3 aliphatic rings. The predicted molar refractivity (Wildman–Crippen MR) is 91.3 cm³/mol. The third kappa shape index (κ3) is 2.49. The Morgan fingerprint density at radius 2 is 2.00 bits per heavy atom. The normalized spacial score (nSPS) is 21.3. The number of rotatable bonds is 2. The molecule has 1 N–H and O–H groups in total. The zero-order valence-electron chi connectivity index (χ0n) is 14.2. The second-order valence-corrected chi connectivity index (χ2v) is 7.25. The van der Waals surface area contributed by atoms with Crippen LogP contribution in [0.2, 0.25) is 0 Å². The van der Waals surface area contributed by atoms with Crippen LogP contribution in [0.15, 0.2) is 18.2 Å². The Hall–Kier alpha value is -2.12. The third-order valence-corrected chi connectivity index (χ3v) is 5.43. The molecule has 136 valence electrons. The van der Waals surface area contributed by atoms with Gasteiger partial charge in [0, 0.05) is 30.6 Å². The molecule has 2 aromatic rings. The molecule has 1 aromatic heterocycles. The lowest BCUT2D eigenvalue weighted by Crippen LogP contribution is -2.51. The number of hydrogen-bond acceptors (Lipinski definition) is 5. The zero-order chi connectivity index (χ0) is 17.9. The largest absolute Gasteiger partial charge is 0.389 e. The van der Waals surface area contributed by atoms with Gasteiger partial charge in [-0.2, -0.15) is 8.78 Å². The number of fused-ring (bicyclic) bond motifs is 2. The van der Waals surface area contributed by atoms with Gasteiger partial charge in [0.1, 0.15) is 5.69 Å². The number of benzene rings is 1. The molecule has 1 aliphatic carbocycles. The van der Waals surface area contributed by atoms with Crippen LogP contribution in [0, 0.1) is 0 Å². The molecule has 2 aliphatic heterocycles. The van der Waals surface area contributed by atoms with Gasteiger partial charge in [-0.25, -0.2) is 9.97 Å². The van der Waals surface area contributed by atoms with Gasteiger partial charge in [-0.05, 0) is 30.0 Å². The molecular formula is C19H19F2N3O2. The Bertz CT molecular complexity index is 881. The van der Waals surface area contributed by atoms with Crippen LogP contribution in [0.25, 0.3) is 11.3 Å². The fourth-order valence-electron chi connectivity index (χ4n) is 3.93. The number of nitrogens with zero attached hydrogens (tertiary/aromatic N) is 3. The van der Waals surface area contributed by atoms with E-state index in [1.54, 1.807) is 4.90 Å². The number of β-amino-alcohol motifs (C(OH)–C–C–N with tert-alkyl or cyclic N) is 1. The van der Waals surface area contributed by atoms with Crippen molar-refractivity contribution in [2.24, 2.45) is 0 Å².